The van der Waals surface area contributed by atoms with Gasteiger partial charge in [0.05, 0.1) is 0 Å². The van der Waals surface area contributed by atoms with Crippen LogP contribution in [-0.4, -0.2) is 0 Å². The molecule has 0 amide bonds. The average molecular weight is 156 g/mol. The standard InChI is InChI=1S/C8H10ClN/c1-6-2-3-8(9)4-7(6)5-10/h2-4H,5,10H2,1H3. The summed E-state index contributed by atoms with van der Waals surface area (Å²) in [4.78, 5) is 0. The summed E-state index contributed by atoms with van der Waals surface area (Å²) in [5, 5.41) is 0.756. The lowest BCUT2D eigenvalue weighted by molar-refractivity contribution is 1.05. The summed E-state index contributed by atoms with van der Waals surface area (Å²) < 4.78 is 0. The fourth-order valence-corrected chi connectivity index (χ4v) is 1.05. The molecule has 1 aromatic rings. The van der Waals surface area contributed by atoms with Crippen molar-refractivity contribution < 1.29 is 0 Å². The van der Waals surface area contributed by atoms with E-state index in [0.717, 1.165) is 10.6 Å². The van der Waals surface area contributed by atoms with Crippen molar-refractivity contribution >= 4 is 11.6 Å². The molecule has 0 aliphatic heterocycles. The number of benzene rings is 1. The molecule has 0 atom stereocenters. The normalized spacial score (nSPS) is 9.90. The molecule has 2 N–H and O–H groups in total. The molecule has 0 saturated heterocycles. The van der Waals surface area contributed by atoms with Gasteiger partial charge in [-0.15, -0.1) is 0 Å². The second kappa shape index (κ2) is 3.04. The van der Waals surface area contributed by atoms with E-state index in [1.165, 1.54) is 5.56 Å². The first kappa shape index (κ1) is 7.58. The van der Waals surface area contributed by atoms with Crippen molar-refractivity contribution in [2.45, 2.75) is 13.5 Å². The Bertz CT molecular complexity index is 233. The average Bonchev–Trinajstić information content (AvgIpc) is 1.94. The topological polar surface area (TPSA) is 26.0 Å². The third-order valence-corrected chi connectivity index (χ3v) is 1.77. The zero-order chi connectivity index (χ0) is 7.56. The van der Waals surface area contributed by atoms with Crippen molar-refractivity contribution in [3.63, 3.8) is 0 Å². The molecule has 0 aromatic heterocycles. The van der Waals surface area contributed by atoms with Gasteiger partial charge < -0.3 is 5.73 Å². The fraction of sp³-hybridized carbons (Fsp3) is 0.250. The SMILES string of the molecule is Cc1ccc(Cl)cc1CN. The van der Waals surface area contributed by atoms with Crippen LogP contribution >= 0.6 is 11.6 Å². The number of hydrogen-bond acceptors (Lipinski definition) is 1. The van der Waals surface area contributed by atoms with Crippen LogP contribution in [0.5, 0.6) is 0 Å². The van der Waals surface area contributed by atoms with Crippen LogP contribution in [0.15, 0.2) is 18.2 Å². The Morgan fingerprint density at radius 2 is 2.20 bits per heavy atom. The van der Waals surface area contributed by atoms with E-state index < -0.39 is 0 Å². The Morgan fingerprint density at radius 3 is 2.70 bits per heavy atom. The van der Waals surface area contributed by atoms with Gasteiger partial charge in [-0.3, -0.25) is 0 Å². The Kier molecular flexibility index (Phi) is 2.30. The van der Waals surface area contributed by atoms with E-state index in [0.29, 0.717) is 6.54 Å². The molecule has 0 radical (unpaired) electrons. The smallest absolute Gasteiger partial charge is 0.0409 e. The van der Waals surface area contributed by atoms with Crippen molar-refractivity contribution in [1.82, 2.24) is 0 Å². The van der Waals surface area contributed by atoms with Crippen LogP contribution in [-0.2, 0) is 6.54 Å². The second-order valence-corrected chi connectivity index (χ2v) is 2.71. The van der Waals surface area contributed by atoms with E-state index in [1.54, 1.807) is 0 Å². The van der Waals surface area contributed by atoms with Crippen molar-refractivity contribution in [2.75, 3.05) is 0 Å². The summed E-state index contributed by atoms with van der Waals surface area (Å²) in [5.41, 5.74) is 7.78. The van der Waals surface area contributed by atoms with E-state index in [4.69, 9.17) is 17.3 Å². The van der Waals surface area contributed by atoms with Crippen LogP contribution in [0.2, 0.25) is 5.02 Å². The molecular formula is C8H10ClN. The third kappa shape index (κ3) is 1.49. The first-order valence-corrected chi connectivity index (χ1v) is 3.57. The van der Waals surface area contributed by atoms with Crippen LogP contribution < -0.4 is 5.73 Å². The molecule has 0 bridgehead atoms. The summed E-state index contributed by atoms with van der Waals surface area (Å²) in [6.07, 6.45) is 0. The van der Waals surface area contributed by atoms with E-state index in [-0.39, 0.29) is 0 Å². The molecule has 1 aromatic carbocycles. The van der Waals surface area contributed by atoms with Crippen LogP contribution in [0.4, 0.5) is 0 Å². The molecule has 2 heteroatoms. The highest BCUT2D eigenvalue weighted by atomic mass is 35.5. The van der Waals surface area contributed by atoms with Gasteiger partial charge in [0.25, 0.3) is 0 Å². The lowest BCUT2D eigenvalue weighted by Gasteiger charge is -2.01. The van der Waals surface area contributed by atoms with Crippen molar-refractivity contribution in [3.8, 4) is 0 Å². The Balaban J connectivity index is 3.09. The predicted molar refractivity (Wildman–Crippen MR) is 44.1 cm³/mol. The van der Waals surface area contributed by atoms with Crippen molar-refractivity contribution in [1.29, 1.82) is 0 Å². The van der Waals surface area contributed by atoms with Gasteiger partial charge in [-0.05, 0) is 30.2 Å². The Labute approximate surface area is 65.8 Å². The van der Waals surface area contributed by atoms with Crippen LogP contribution in [0.1, 0.15) is 11.1 Å². The van der Waals surface area contributed by atoms with Gasteiger partial charge in [-0.25, -0.2) is 0 Å². The molecular weight excluding hydrogens is 146 g/mol. The molecule has 54 valence electrons. The molecule has 0 aliphatic carbocycles. The predicted octanol–water partition coefficient (Wildman–Crippen LogP) is 2.11. The maximum Gasteiger partial charge on any atom is 0.0409 e. The van der Waals surface area contributed by atoms with Gasteiger partial charge >= 0.3 is 0 Å². The maximum atomic E-state index is 5.74. The number of nitrogens with two attached hydrogens (primary N) is 1. The molecule has 0 unspecified atom stereocenters. The third-order valence-electron chi connectivity index (χ3n) is 1.53. The number of rotatable bonds is 1. The lowest BCUT2D eigenvalue weighted by Crippen LogP contribution is -1.98. The zero-order valence-corrected chi connectivity index (χ0v) is 6.65. The molecule has 0 heterocycles. The summed E-state index contributed by atoms with van der Waals surface area (Å²) in [5.74, 6) is 0. The van der Waals surface area contributed by atoms with Gasteiger partial charge in [0, 0.05) is 11.6 Å². The highest BCUT2D eigenvalue weighted by Crippen LogP contribution is 2.14. The van der Waals surface area contributed by atoms with Gasteiger partial charge in [0.1, 0.15) is 0 Å². The summed E-state index contributed by atoms with van der Waals surface area (Å²) in [7, 11) is 0. The minimum absolute atomic E-state index is 0.562. The highest BCUT2D eigenvalue weighted by molar-refractivity contribution is 6.30. The largest absolute Gasteiger partial charge is 0.326 e. The van der Waals surface area contributed by atoms with Gasteiger partial charge in [-0.1, -0.05) is 17.7 Å². The number of halogens is 1. The van der Waals surface area contributed by atoms with Gasteiger partial charge in [0.2, 0.25) is 0 Å². The molecule has 10 heavy (non-hydrogen) atoms. The lowest BCUT2D eigenvalue weighted by atomic mass is 10.1. The Hall–Kier alpha value is -0.530. The van der Waals surface area contributed by atoms with Crippen molar-refractivity contribution in [3.05, 3.63) is 34.3 Å². The molecule has 0 saturated carbocycles. The number of hydrogen-bond donors (Lipinski definition) is 1. The summed E-state index contributed by atoms with van der Waals surface area (Å²) >= 11 is 5.74. The van der Waals surface area contributed by atoms with E-state index in [1.807, 2.05) is 25.1 Å². The minimum Gasteiger partial charge on any atom is -0.326 e. The van der Waals surface area contributed by atoms with Crippen LogP contribution in [0.3, 0.4) is 0 Å². The zero-order valence-electron chi connectivity index (χ0n) is 5.89. The summed E-state index contributed by atoms with van der Waals surface area (Å²) in [6, 6.07) is 5.75. The maximum absolute atomic E-state index is 5.74. The van der Waals surface area contributed by atoms with E-state index >= 15 is 0 Å². The molecule has 1 rings (SSSR count). The van der Waals surface area contributed by atoms with Crippen LogP contribution in [0, 0.1) is 6.92 Å². The van der Waals surface area contributed by atoms with Gasteiger partial charge in [-0.2, -0.15) is 0 Å². The number of aryl methyl sites for hydroxylation is 1. The molecule has 0 spiro atoms. The quantitative estimate of drug-likeness (QED) is 0.661. The minimum atomic E-state index is 0.562. The first-order chi connectivity index (χ1) is 4.74. The van der Waals surface area contributed by atoms with Gasteiger partial charge in [0.15, 0.2) is 0 Å². The second-order valence-electron chi connectivity index (χ2n) is 2.27. The Morgan fingerprint density at radius 1 is 1.50 bits per heavy atom. The highest BCUT2D eigenvalue weighted by Gasteiger charge is 1.94. The van der Waals surface area contributed by atoms with Crippen LogP contribution in [0.25, 0.3) is 0 Å². The molecule has 1 nitrogen and oxygen atoms in total. The summed E-state index contributed by atoms with van der Waals surface area (Å²) in [6.45, 7) is 2.59. The van der Waals surface area contributed by atoms with Crippen molar-refractivity contribution in [2.24, 2.45) is 5.73 Å². The molecule has 0 aliphatic rings. The van der Waals surface area contributed by atoms with E-state index in [9.17, 15) is 0 Å². The monoisotopic (exact) mass is 155 g/mol. The first-order valence-electron chi connectivity index (χ1n) is 3.19. The molecule has 0 fully saturated rings. The fourth-order valence-electron chi connectivity index (χ4n) is 0.860. The van der Waals surface area contributed by atoms with E-state index in [2.05, 4.69) is 0 Å².